The molecule has 0 bridgehead atoms. The highest BCUT2D eigenvalue weighted by molar-refractivity contribution is 7.48. The molecule has 1 atom stereocenters. The highest BCUT2D eigenvalue weighted by Crippen LogP contribution is 2.23. The highest BCUT2D eigenvalue weighted by atomic mass is 29.3. The van der Waals surface area contributed by atoms with Gasteiger partial charge in [-0.1, -0.05) is 112 Å². The van der Waals surface area contributed by atoms with Gasteiger partial charge in [0.1, 0.15) is 6.10 Å². The molecule has 2 aromatic carbocycles. The van der Waals surface area contributed by atoms with Crippen molar-refractivity contribution in [3.05, 3.63) is 60.7 Å². The smallest absolute Gasteiger partial charge is 0.241 e. The van der Waals surface area contributed by atoms with Gasteiger partial charge in [0.05, 0.1) is 7.59 Å². The van der Waals surface area contributed by atoms with Crippen LogP contribution in [0.1, 0.15) is 46.0 Å². The molecule has 2 aromatic rings. The average molecular weight is 409 g/mol. The summed E-state index contributed by atoms with van der Waals surface area (Å²) in [5.41, 5.74) is 0. The largest absolute Gasteiger partial charge is 0.397 e. The zero-order valence-corrected chi connectivity index (χ0v) is 20.3. The first kappa shape index (κ1) is 22.7. The zero-order valence-electron chi connectivity index (χ0n) is 18.3. The van der Waals surface area contributed by atoms with Crippen molar-refractivity contribution in [2.24, 2.45) is 0 Å². The van der Waals surface area contributed by atoms with Crippen LogP contribution < -0.4 is 10.4 Å². The Labute approximate surface area is 174 Å². The predicted molar refractivity (Wildman–Crippen MR) is 128 cm³/mol. The van der Waals surface area contributed by atoms with Gasteiger partial charge in [-0.2, -0.15) is 0 Å². The molecule has 0 saturated heterocycles. The van der Waals surface area contributed by atoms with Gasteiger partial charge in [0.15, 0.2) is 0 Å². The third-order valence-electron chi connectivity index (χ3n) is 5.23. The highest BCUT2D eigenvalue weighted by Gasteiger charge is 2.51. The summed E-state index contributed by atoms with van der Waals surface area (Å²) in [6.07, 6.45) is 5.98. The quantitative estimate of drug-likeness (QED) is 0.301. The third-order valence-corrected chi connectivity index (χ3v) is 18.8. The van der Waals surface area contributed by atoms with Gasteiger partial charge in [-0.3, -0.25) is 0 Å². The van der Waals surface area contributed by atoms with E-state index in [1.54, 1.807) is 0 Å². The molecule has 0 amide bonds. The lowest BCUT2D eigenvalue weighted by Crippen LogP contribution is -2.75. The Kier molecular flexibility index (Phi) is 8.75. The Morgan fingerprint density at radius 2 is 1.36 bits per heavy atom. The zero-order chi connectivity index (χ0) is 20.5. The first-order valence-corrected chi connectivity index (χ1v) is 17.1. The fourth-order valence-corrected chi connectivity index (χ4v) is 16.2. The molecule has 0 spiro atoms. The van der Waals surface area contributed by atoms with Gasteiger partial charge in [0.2, 0.25) is 7.83 Å². The summed E-state index contributed by atoms with van der Waals surface area (Å²) in [7, 11) is -4.05. The Bertz CT molecular complexity index is 714. The lowest BCUT2D eigenvalue weighted by molar-refractivity contribution is 0.285. The van der Waals surface area contributed by atoms with E-state index in [-0.39, 0.29) is 6.10 Å². The fraction of sp³-hybridized carbons (Fsp3) is 0.440. The number of unbranched alkanes of at least 4 members (excludes halogenated alkanes) is 4. The first-order chi connectivity index (χ1) is 13.4. The van der Waals surface area contributed by atoms with E-state index in [1.165, 1.54) is 36.1 Å². The van der Waals surface area contributed by atoms with Crippen LogP contribution in [0.5, 0.6) is 0 Å². The summed E-state index contributed by atoms with van der Waals surface area (Å²) in [5.74, 6) is 6.79. The molecule has 0 aliphatic carbocycles. The van der Waals surface area contributed by atoms with E-state index in [0.717, 1.165) is 6.42 Å². The van der Waals surface area contributed by atoms with Crippen LogP contribution in [-0.4, -0.2) is 21.5 Å². The van der Waals surface area contributed by atoms with E-state index in [9.17, 15) is 0 Å². The molecule has 0 heterocycles. The van der Waals surface area contributed by atoms with Crippen LogP contribution in [0, 0.1) is 11.8 Å². The molecule has 0 radical (unpaired) electrons. The van der Waals surface area contributed by atoms with Crippen molar-refractivity contribution < 1.29 is 4.43 Å². The second-order valence-electron chi connectivity index (χ2n) is 8.56. The minimum Gasteiger partial charge on any atom is -0.397 e. The van der Waals surface area contributed by atoms with E-state index < -0.39 is 15.4 Å². The minimum atomic E-state index is -2.36. The van der Waals surface area contributed by atoms with Crippen molar-refractivity contribution in [1.29, 1.82) is 0 Å². The Balaban J connectivity index is 2.35. The van der Waals surface area contributed by atoms with Gasteiger partial charge in [0.25, 0.3) is 0 Å². The van der Waals surface area contributed by atoms with Gasteiger partial charge >= 0.3 is 0 Å². The van der Waals surface area contributed by atoms with Crippen LogP contribution >= 0.6 is 0 Å². The Morgan fingerprint density at radius 1 is 0.821 bits per heavy atom. The van der Waals surface area contributed by atoms with Gasteiger partial charge in [-0.15, -0.1) is 5.92 Å². The lowest BCUT2D eigenvalue weighted by atomic mass is 10.1. The molecule has 0 N–H and O–H groups in total. The van der Waals surface area contributed by atoms with E-state index in [2.05, 4.69) is 106 Å². The van der Waals surface area contributed by atoms with Crippen molar-refractivity contribution in [2.45, 2.75) is 71.7 Å². The third kappa shape index (κ3) is 5.70. The molecule has 0 fully saturated rings. The van der Waals surface area contributed by atoms with Crippen LogP contribution in [0.3, 0.4) is 0 Å². The second-order valence-corrected chi connectivity index (χ2v) is 22.4. The normalized spacial score (nSPS) is 12.9. The summed E-state index contributed by atoms with van der Waals surface area (Å²) < 4.78 is 7.03. The van der Waals surface area contributed by atoms with E-state index in [0.29, 0.717) is 0 Å². The van der Waals surface area contributed by atoms with Crippen molar-refractivity contribution in [2.75, 3.05) is 0 Å². The molecular weight excluding hydrogens is 372 g/mol. The van der Waals surface area contributed by atoms with Crippen molar-refractivity contribution in [3.63, 3.8) is 0 Å². The molecule has 150 valence electrons. The van der Waals surface area contributed by atoms with E-state index in [4.69, 9.17) is 4.43 Å². The van der Waals surface area contributed by atoms with Gasteiger partial charge in [0, 0.05) is 6.42 Å². The average Bonchev–Trinajstić information content (AvgIpc) is 2.69. The van der Waals surface area contributed by atoms with Crippen molar-refractivity contribution in [3.8, 4) is 11.8 Å². The summed E-state index contributed by atoms with van der Waals surface area (Å²) in [5, 5.41) is 2.74. The molecule has 0 aliphatic rings. The van der Waals surface area contributed by atoms with Crippen molar-refractivity contribution >= 4 is 25.8 Å². The molecule has 1 nitrogen and oxygen atoms in total. The molecule has 0 saturated carbocycles. The van der Waals surface area contributed by atoms with Crippen LogP contribution in [0.4, 0.5) is 0 Å². The van der Waals surface area contributed by atoms with Crippen LogP contribution in [-0.2, 0) is 4.43 Å². The number of hydrogen-bond donors (Lipinski definition) is 0. The van der Waals surface area contributed by atoms with E-state index in [1.807, 2.05) is 0 Å². The van der Waals surface area contributed by atoms with Crippen LogP contribution in [0.25, 0.3) is 0 Å². The summed E-state index contributed by atoms with van der Waals surface area (Å²) >= 11 is 0. The van der Waals surface area contributed by atoms with Gasteiger partial charge in [-0.05, 0) is 23.7 Å². The second kappa shape index (κ2) is 10.8. The van der Waals surface area contributed by atoms with Crippen LogP contribution in [0.15, 0.2) is 60.7 Å². The maximum Gasteiger partial charge on any atom is 0.241 e. The molecule has 2 rings (SSSR count). The summed E-state index contributed by atoms with van der Waals surface area (Å²) in [4.78, 5) is 0. The maximum atomic E-state index is 7.03. The van der Waals surface area contributed by atoms with Crippen molar-refractivity contribution in [1.82, 2.24) is 0 Å². The minimum absolute atomic E-state index is 0.0509. The molecule has 1 unspecified atom stereocenters. The summed E-state index contributed by atoms with van der Waals surface area (Å²) in [6.45, 7) is 11.7. The number of benzene rings is 2. The maximum absolute atomic E-state index is 7.03. The van der Waals surface area contributed by atoms with Gasteiger partial charge < -0.3 is 4.43 Å². The molecule has 28 heavy (non-hydrogen) atoms. The molecule has 0 aromatic heterocycles. The number of rotatable bonds is 9. The lowest BCUT2D eigenvalue weighted by Gasteiger charge is -2.43. The Hall–Kier alpha value is -1.61. The molecule has 0 aliphatic heterocycles. The fourth-order valence-electron chi connectivity index (χ4n) is 3.84. The monoisotopic (exact) mass is 408 g/mol. The molecular formula is C25H36OSi2. The topological polar surface area (TPSA) is 9.23 Å². The predicted octanol–water partition coefficient (Wildman–Crippen LogP) is 5.54. The van der Waals surface area contributed by atoms with E-state index >= 15 is 0 Å². The van der Waals surface area contributed by atoms with Gasteiger partial charge in [-0.25, -0.2) is 0 Å². The first-order valence-electron chi connectivity index (χ1n) is 10.7. The summed E-state index contributed by atoms with van der Waals surface area (Å²) in [6, 6.07) is 21.8. The van der Waals surface area contributed by atoms with Crippen LogP contribution in [0.2, 0.25) is 19.6 Å². The SMILES string of the molecule is CCCCCCC#CC(C)O[Si](c1ccccc1)(c1ccccc1)[Si](C)(C)C. The Morgan fingerprint density at radius 3 is 1.82 bits per heavy atom. The molecule has 3 heteroatoms. The number of hydrogen-bond acceptors (Lipinski definition) is 1. The standard InChI is InChI=1S/C25H36OSi2/c1-6-7-8-9-10-13-18-23(2)26-28(27(3,4)5,24-19-14-11-15-20-24)25-21-16-12-17-22-25/h11-12,14-17,19-23H,6-10H2,1-5H3.